The topological polar surface area (TPSA) is 79.5 Å². The number of carbonyl (C=O) groups is 1. The molecule has 0 aromatic heterocycles. The van der Waals surface area contributed by atoms with Gasteiger partial charge in [-0.3, -0.25) is 4.79 Å². The maximum Gasteiger partial charge on any atom is 0.241 e. The fourth-order valence-electron chi connectivity index (χ4n) is 1.48. The molecule has 5 nitrogen and oxygen atoms in total. The summed E-state index contributed by atoms with van der Waals surface area (Å²) in [5.41, 5.74) is 9.00. The van der Waals surface area contributed by atoms with E-state index in [4.69, 9.17) is 5.73 Å². The van der Waals surface area contributed by atoms with Gasteiger partial charge in [-0.25, -0.2) is 4.99 Å². The van der Waals surface area contributed by atoms with Gasteiger partial charge >= 0.3 is 0 Å². The van der Waals surface area contributed by atoms with Gasteiger partial charge in [0.1, 0.15) is 6.54 Å². The van der Waals surface area contributed by atoms with Crippen molar-refractivity contribution < 1.29 is 4.79 Å². The number of rotatable bonds is 5. The Balaban J connectivity index is 0.00000361. The quantitative estimate of drug-likeness (QED) is 0.410. The third-order valence-corrected chi connectivity index (χ3v) is 2.74. The molecule has 1 rings (SSSR count). The third kappa shape index (κ3) is 6.74. The summed E-state index contributed by atoms with van der Waals surface area (Å²) in [6.45, 7) is 6.79. The van der Waals surface area contributed by atoms with E-state index < -0.39 is 0 Å². The van der Waals surface area contributed by atoms with Gasteiger partial charge in [0.15, 0.2) is 5.96 Å². The van der Waals surface area contributed by atoms with Crippen molar-refractivity contribution in [2.45, 2.75) is 27.2 Å². The Labute approximate surface area is 137 Å². The first-order valence-corrected chi connectivity index (χ1v) is 6.43. The summed E-state index contributed by atoms with van der Waals surface area (Å²) in [7, 11) is 0. The number of anilines is 1. The summed E-state index contributed by atoms with van der Waals surface area (Å²) in [6, 6.07) is 5.94. The Hall–Kier alpha value is -1.31. The molecule has 1 aromatic carbocycles. The molecule has 0 bridgehead atoms. The molecule has 112 valence electrons. The normalized spacial score (nSPS) is 10.7. The predicted octanol–water partition coefficient (Wildman–Crippen LogP) is 2.17. The number of carbonyl (C=O) groups excluding carboxylic acids is 1. The summed E-state index contributed by atoms with van der Waals surface area (Å²) >= 11 is 0. The van der Waals surface area contributed by atoms with E-state index in [9.17, 15) is 4.79 Å². The van der Waals surface area contributed by atoms with Crippen LogP contribution in [0.1, 0.15) is 24.5 Å². The predicted molar refractivity (Wildman–Crippen MR) is 94.7 cm³/mol. The highest BCUT2D eigenvalue weighted by molar-refractivity contribution is 14.0. The lowest BCUT2D eigenvalue weighted by molar-refractivity contribution is -0.119. The molecule has 0 unspecified atom stereocenters. The SMILES string of the molecule is CCCNC(=O)CN=C(N)Nc1ccc(C)c(C)c1.I. The molecule has 0 fully saturated rings. The zero-order valence-corrected chi connectivity index (χ0v) is 14.5. The molecule has 0 atom stereocenters. The Kier molecular flexibility index (Phi) is 8.94. The summed E-state index contributed by atoms with van der Waals surface area (Å²) < 4.78 is 0. The molecule has 1 amide bonds. The standard InChI is InChI=1S/C14H22N4O.HI/c1-4-7-16-13(19)9-17-14(15)18-12-6-5-10(2)11(3)8-12;/h5-6,8H,4,7,9H2,1-3H3,(H,16,19)(H3,15,17,18);1H. The minimum atomic E-state index is -0.119. The molecular weight excluding hydrogens is 367 g/mol. The fraction of sp³-hybridized carbons (Fsp3) is 0.429. The van der Waals surface area contributed by atoms with E-state index in [2.05, 4.69) is 22.5 Å². The second-order valence-electron chi connectivity index (χ2n) is 4.48. The van der Waals surface area contributed by atoms with E-state index in [-0.39, 0.29) is 42.4 Å². The minimum absolute atomic E-state index is 0. The largest absolute Gasteiger partial charge is 0.370 e. The van der Waals surface area contributed by atoms with Crippen molar-refractivity contribution in [3.05, 3.63) is 29.3 Å². The van der Waals surface area contributed by atoms with Crippen LogP contribution in [-0.4, -0.2) is 25.0 Å². The second kappa shape index (κ2) is 9.57. The average Bonchev–Trinajstić information content (AvgIpc) is 2.38. The monoisotopic (exact) mass is 390 g/mol. The molecule has 0 spiro atoms. The van der Waals surface area contributed by atoms with Crippen molar-refractivity contribution in [3.8, 4) is 0 Å². The number of nitrogens with zero attached hydrogens (tertiary/aromatic N) is 1. The van der Waals surface area contributed by atoms with Gasteiger partial charge in [0, 0.05) is 12.2 Å². The van der Waals surface area contributed by atoms with Gasteiger partial charge in [0.05, 0.1) is 0 Å². The highest BCUT2D eigenvalue weighted by Crippen LogP contribution is 2.13. The maximum absolute atomic E-state index is 11.4. The van der Waals surface area contributed by atoms with Crippen LogP contribution in [0.15, 0.2) is 23.2 Å². The first-order chi connectivity index (χ1) is 9.02. The molecule has 0 heterocycles. The van der Waals surface area contributed by atoms with Crippen LogP contribution in [0.4, 0.5) is 5.69 Å². The minimum Gasteiger partial charge on any atom is -0.370 e. The fourth-order valence-corrected chi connectivity index (χ4v) is 1.48. The van der Waals surface area contributed by atoms with Gasteiger partial charge in [-0.15, -0.1) is 24.0 Å². The summed E-state index contributed by atoms with van der Waals surface area (Å²) in [5, 5.41) is 5.71. The summed E-state index contributed by atoms with van der Waals surface area (Å²) in [4.78, 5) is 15.4. The molecular formula is C14H23IN4O. The number of halogens is 1. The van der Waals surface area contributed by atoms with E-state index >= 15 is 0 Å². The number of benzene rings is 1. The third-order valence-electron chi connectivity index (χ3n) is 2.74. The number of aliphatic imine (C=N–C) groups is 1. The number of amides is 1. The number of hydrogen-bond donors (Lipinski definition) is 3. The van der Waals surface area contributed by atoms with E-state index in [1.54, 1.807) is 0 Å². The number of hydrogen-bond acceptors (Lipinski definition) is 2. The van der Waals surface area contributed by atoms with Gasteiger partial charge in [-0.1, -0.05) is 13.0 Å². The molecule has 0 saturated heterocycles. The second-order valence-corrected chi connectivity index (χ2v) is 4.48. The number of nitrogens with two attached hydrogens (primary N) is 1. The van der Waals surface area contributed by atoms with Crippen molar-refractivity contribution in [1.82, 2.24) is 5.32 Å². The Morgan fingerprint density at radius 3 is 2.60 bits per heavy atom. The van der Waals surface area contributed by atoms with Crippen molar-refractivity contribution in [3.63, 3.8) is 0 Å². The zero-order valence-electron chi connectivity index (χ0n) is 12.2. The van der Waals surface area contributed by atoms with Crippen molar-refractivity contribution in [1.29, 1.82) is 0 Å². The molecule has 6 heteroatoms. The van der Waals surface area contributed by atoms with Crippen LogP contribution >= 0.6 is 24.0 Å². The van der Waals surface area contributed by atoms with E-state index in [0.29, 0.717) is 6.54 Å². The van der Waals surface area contributed by atoms with Gasteiger partial charge < -0.3 is 16.4 Å². The van der Waals surface area contributed by atoms with Crippen LogP contribution in [0.5, 0.6) is 0 Å². The molecule has 0 aliphatic heterocycles. The molecule has 4 N–H and O–H groups in total. The van der Waals surface area contributed by atoms with Crippen LogP contribution < -0.4 is 16.4 Å². The first kappa shape index (κ1) is 18.7. The number of aryl methyl sites for hydroxylation is 2. The van der Waals surface area contributed by atoms with E-state index in [0.717, 1.165) is 12.1 Å². The maximum atomic E-state index is 11.4. The highest BCUT2D eigenvalue weighted by atomic mass is 127. The van der Waals surface area contributed by atoms with Crippen molar-refractivity contribution in [2.75, 3.05) is 18.4 Å². The van der Waals surface area contributed by atoms with Crippen molar-refractivity contribution >= 4 is 41.5 Å². The summed E-state index contributed by atoms with van der Waals surface area (Å²) in [5.74, 6) is 0.126. The summed E-state index contributed by atoms with van der Waals surface area (Å²) in [6.07, 6.45) is 0.909. The van der Waals surface area contributed by atoms with Gasteiger partial charge in [-0.2, -0.15) is 0 Å². The Morgan fingerprint density at radius 2 is 2.00 bits per heavy atom. The van der Waals surface area contributed by atoms with E-state index in [1.165, 1.54) is 11.1 Å². The van der Waals surface area contributed by atoms with Crippen LogP contribution in [-0.2, 0) is 4.79 Å². The van der Waals surface area contributed by atoms with Crippen LogP contribution in [0.2, 0.25) is 0 Å². The van der Waals surface area contributed by atoms with Crippen LogP contribution in [0.3, 0.4) is 0 Å². The smallest absolute Gasteiger partial charge is 0.241 e. The average molecular weight is 390 g/mol. The number of guanidine groups is 1. The number of nitrogens with one attached hydrogen (secondary N) is 2. The van der Waals surface area contributed by atoms with Crippen molar-refractivity contribution in [2.24, 2.45) is 10.7 Å². The van der Waals surface area contributed by atoms with E-state index in [1.807, 2.05) is 32.0 Å². The zero-order chi connectivity index (χ0) is 14.3. The molecule has 0 aliphatic rings. The van der Waals surface area contributed by atoms with Gasteiger partial charge in [-0.05, 0) is 43.5 Å². The lowest BCUT2D eigenvalue weighted by atomic mass is 10.1. The molecule has 0 aliphatic carbocycles. The Morgan fingerprint density at radius 1 is 1.30 bits per heavy atom. The Bertz CT molecular complexity index is 474. The molecule has 0 saturated carbocycles. The van der Waals surface area contributed by atoms with Crippen LogP contribution in [0.25, 0.3) is 0 Å². The molecule has 20 heavy (non-hydrogen) atoms. The molecule has 0 radical (unpaired) electrons. The highest BCUT2D eigenvalue weighted by Gasteiger charge is 2.00. The first-order valence-electron chi connectivity index (χ1n) is 6.43. The van der Waals surface area contributed by atoms with Crippen LogP contribution in [0, 0.1) is 13.8 Å². The lowest BCUT2D eigenvalue weighted by Gasteiger charge is -2.08. The van der Waals surface area contributed by atoms with Gasteiger partial charge in [0.2, 0.25) is 5.91 Å². The van der Waals surface area contributed by atoms with Gasteiger partial charge in [0.25, 0.3) is 0 Å². The lowest BCUT2D eigenvalue weighted by Crippen LogP contribution is -2.29. The molecule has 1 aromatic rings.